The van der Waals surface area contributed by atoms with E-state index in [1.165, 1.54) is 12.8 Å². The Morgan fingerprint density at radius 1 is 1.40 bits per heavy atom. The monoisotopic (exact) mass is 313 g/mol. The van der Waals surface area contributed by atoms with Crippen LogP contribution >= 0.6 is 23.4 Å². The van der Waals surface area contributed by atoms with Crippen LogP contribution in [-0.4, -0.2) is 23.5 Å². The molecule has 1 saturated carbocycles. The fraction of sp³-hybridized carbons (Fsp3) is 0.500. The Labute approximate surface area is 128 Å². The predicted octanol–water partition coefficient (Wildman–Crippen LogP) is 3.03. The highest BCUT2D eigenvalue weighted by molar-refractivity contribution is 7.99. The lowest BCUT2D eigenvalue weighted by molar-refractivity contribution is 0.0930. The molecule has 1 fully saturated rings. The van der Waals surface area contributed by atoms with Crippen molar-refractivity contribution in [1.82, 2.24) is 5.32 Å². The summed E-state index contributed by atoms with van der Waals surface area (Å²) in [5.74, 6) is 5.33. The summed E-state index contributed by atoms with van der Waals surface area (Å²) in [6.45, 7) is 0. The van der Waals surface area contributed by atoms with Gasteiger partial charge in [-0.3, -0.25) is 10.6 Å². The molecule has 0 heterocycles. The topological polar surface area (TPSA) is 67.2 Å². The predicted molar refractivity (Wildman–Crippen MR) is 86.3 cm³/mol. The molecule has 1 amide bonds. The van der Waals surface area contributed by atoms with E-state index in [0.717, 1.165) is 12.8 Å². The maximum absolute atomic E-state index is 12.4. The SMILES string of the molecule is CSC1CCCCC1NC(=O)c1cc(Cl)ccc1NN. The molecule has 1 aliphatic carbocycles. The van der Waals surface area contributed by atoms with E-state index in [1.807, 2.05) is 11.8 Å². The Hall–Kier alpha value is -0.910. The second-order valence-corrected chi connectivity index (χ2v) is 6.49. The van der Waals surface area contributed by atoms with E-state index in [1.54, 1.807) is 18.2 Å². The third kappa shape index (κ3) is 3.59. The number of hydrazine groups is 1. The minimum Gasteiger partial charge on any atom is -0.348 e. The van der Waals surface area contributed by atoms with E-state index in [0.29, 0.717) is 21.5 Å². The van der Waals surface area contributed by atoms with Gasteiger partial charge in [-0.1, -0.05) is 24.4 Å². The standard InChI is InChI=1S/C14H20ClN3OS/c1-20-13-5-3-2-4-12(13)17-14(19)10-8-9(15)6-7-11(10)18-16/h6-8,12-13,18H,2-5,16H2,1H3,(H,17,19). The fourth-order valence-corrected chi connectivity index (χ4v) is 3.73. The average Bonchev–Trinajstić information content (AvgIpc) is 2.47. The number of thioether (sulfide) groups is 1. The summed E-state index contributed by atoms with van der Waals surface area (Å²) in [5.41, 5.74) is 3.62. The number of carbonyl (C=O) groups is 1. The lowest BCUT2D eigenvalue weighted by atomic mass is 9.94. The molecule has 0 bridgehead atoms. The fourth-order valence-electron chi connectivity index (χ4n) is 2.62. The lowest BCUT2D eigenvalue weighted by Gasteiger charge is -2.31. The van der Waals surface area contributed by atoms with Crippen molar-refractivity contribution < 1.29 is 4.79 Å². The minimum atomic E-state index is -0.119. The second-order valence-electron chi connectivity index (χ2n) is 4.97. The Balaban J connectivity index is 2.13. The molecule has 4 nitrogen and oxygen atoms in total. The number of hydrogen-bond donors (Lipinski definition) is 3. The molecule has 0 aliphatic heterocycles. The molecule has 1 aromatic rings. The largest absolute Gasteiger partial charge is 0.348 e. The van der Waals surface area contributed by atoms with Gasteiger partial charge in [0.2, 0.25) is 0 Å². The van der Waals surface area contributed by atoms with Crippen molar-refractivity contribution in [2.45, 2.75) is 37.0 Å². The highest BCUT2D eigenvalue weighted by Gasteiger charge is 2.26. The molecule has 0 saturated heterocycles. The van der Waals surface area contributed by atoms with Gasteiger partial charge in [0.15, 0.2) is 0 Å². The Kier molecular flexibility index (Phi) is 5.57. The third-order valence-corrected chi connectivity index (χ3v) is 5.11. The first-order chi connectivity index (χ1) is 9.65. The van der Waals surface area contributed by atoms with Gasteiger partial charge in [0.05, 0.1) is 11.3 Å². The van der Waals surface area contributed by atoms with Crippen LogP contribution in [0.4, 0.5) is 5.69 Å². The van der Waals surface area contributed by atoms with Crippen molar-refractivity contribution in [2.75, 3.05) is 11.7 Å². The van der Waals surface area contributed by atoms with Crippen LogP contribution in [0, 0.1) is 0 Å². The Morgan fingerprint density at radius 2 is 2.15 bits per heavy atom. The molecule has 2 unspecified atom stereocenters. The molecule has 0 spiro atoms. The van der Waals surface area contributed by atoms with Crippen LogP contribution in [0.3, 0.4) is 0 Å². The quantitative estimate of drug-likeness (QED) is 0.590. The maximum Gasteiger partial charge on any atom is 0.253 e. The van der Waals surface area contributed by atoms with E-state index in [9.17, 15) is 4.79 Å². The summed E-state index contributed by atoms with van der Waals surface area (Å²) < 4.78 is 0. The molecule has 6 heteroatoms. The molecule has 4 N–H and O–H groups in total. The Bertz CT molecular complexity index is 483. The van der Waals surface area contributed by atoms with Gasteiger partial charge in [-0.25, -0.2) is 0 Å². The first-order valence-electron chi connectivity index (χ1n) is 6.75. The van der Waals surface area contributed by atoms with Gasteiger partial charge in [0.25, 0.3) is 5.91 Å². The van der Waals surface area contributed by atoms with Crippen molar-refractivity contribution in [3.8, 4) is 0 Å². The van der Waals surface area contributed by atoms with Gasteiger partial charge in [-0.15, -0.1) is 0 Å². The smallest absolute Gasteiger partial charge is 0.253 e. The van der Waals surface area contributed by atoms with Crippen LogP contribution in [0.5, 0.6) is 0 Å². The van der Waals surface area contributed by atoms with E-state index in [2.05, 4.69) is 17.0 Å². The normalized spacial score (nSPS) is 22.4. The highest BCUT2D eigenvalue weighted by atomic mass is 35.5. The number of nitrogen functional groups attached to an aromatic ring is 1. The molecule has 110 valence electrons. The molecule has 1 aromatic carbocycles. The van der Waals surface area contributed by atoms with E-state index < -0.39 is 0 Å². The van der Waals surface area contributed by atoms with Gasteiger partial charge in [0.1, 0.15) is 0 Å². The molecule has 2 atom stereocenters. The number of carbonyl (C=O) groups excluding carboxylic acids is 1. The molecular formula is C14H20ClN3OS. The van der Waals surface area contributed by atoms with Crippen LogP contribution in [0.15, 0.2) is 18.2 Å². The van der Waals surface area contributed by atoms with E-state index >= 15 is 0 Å². The zero-order valence-electron chi connectivity index (χ0n) is 11.5. The van der Waals surface area contributed by atoms with Crippen LogP contribution in [0.2, 0.25) is 5.02 Å². The van der Waals surface area contributed by atoms with Crippen molar-refractivity contribution in [3.63, 3.8) is 0 Å². The van der Waals surface area contributed by atoms with Gasteiger partial charge >= 0.3 is 0 Å². The van der Waals surface area contributed by atoms with Crippen molar-refractivity contribution >= 4 is 35.0 Å². The second kappa shape index (κ2) is 7.20. The molecule has 20 heavy (non-hydrogen) atoms. The molecule has 0 aromatic heterocycles. The first-order valence-corrected chi connectivity index (χ1v) is 8.42. The van der Waals surface area contributed by atoms with Gasteiger partial charge in [-0.05, 0) is 37.3 Å². The zero-order chi connectivity index (χ0) is 14.5. The number of nitrogens with one attached hydrogen (secondary N) is 2. The van der Waals surface area contributed by atoms with Crippen molar-refractivity contribution in [2.24, 2.45) is 5.84 Å². The number of anilines is 1. The van der Waals surface area contributed by atoms with E-state index in [-0.39, 0.29) is 11.9 Å². The minimum absolute atomic E-state index is 0.119. The van der Waals surface area contributed by atoms with Crippen molar-refractivity contribution in [3.05, 3.63) is 28.8 Å². The molecule has 0 radical (unpaired) electrons. The zero-order valence-corrected chi connectivity index (χ0v) is 13.1. The summed E-state index contributed by atoms with van der Waals surface area (Å²) in [6.07, 6.45) is 6.69. The summed E-state index contributed by atoms with van der Waals surface area (Å²) >= 11 is 7.79. The number of benzene rings is 1. The van der Waals surface area contributed by atoms with Gasteiger partial charge in [0, 0.05) is 16.3 Å². The van der Waals surface area contributed by atoms with Gasteiger partial charge < -0.3 is 10.7 Å². The van der Waals surface area contributed by atoms with Crippen LogP contribution in [0.1, 0.15) is 36.0 Å². The number of nitrogens with two attached hydrogens (primary N) is 1. The van der Waals surface area contributed by atoms with Gasteiger partial charge in [-0.2, -0.15) is 11.8 Å². The number of hydrogen-bond acceptors (Lipinski definition) is 4. The Morgan fingerprint density at radius 3 is 2.85 bits per heavy atom. The summed E-state index contributed by atoms with van der Waals surface area (Å²) in [6, 6.07) is 5.28. The number of rotatable bonds is 4. The first kappa shape index (κ1) is 15.5. The maximum atomic E-state index is 12.4. The molecule has 2 rings (SSSR count). The molecular weight excluding hydrogens is 294 g/mol. The van der Waals surface area contributed by atoms with Crippen LogP contribution in [0.25, 0.3) is 0 Å². The van der Waals surface area contributed by atoms with Crippen molar-refractivity contribution in [1.29, 1.82) is 0 Å². The summed E-state index contributed by atoms with van der Waals surface area (Å²) in [5, 5.41) is 4.14. The van der Waals surface area contributed by atoms with Crippen LogP contribution in [-0.2, 0) is 0 Å². The summed E-state index contributed by atoms with van der Waals surface area (Å²) in [4.78, 5) is 12.4. The highest BCUT2D eigenvalue weighted by Crippen LogP contribution is 2.28. The van der Waals surface area contributed by atoms with Crippen LogP contribution < -0.4 is 16.6 Å². The number of amides is 1. The number of halogens is 1. The molecule has 1 aliphatic rings. The third-order valence-electron chi connectivity index (χ3n) is 3.70. The lowest BCUT2D eigenvalue weighted by Crippen LogP contribution is -2.43. The van der Waals surface area contributed by atoms with E-state index in [4.69, 9.17) is 17.4 Å². The summed E-state index contributed by atoms with van der Waals surface area (Å²) in [7, 11) is 0. The average molecular weight is 314 g/mol.